The van der Waals surface area contributed by atoms with Gasteiger partial charge in [0.25, 0.3) is 5.91 Å². The van der Waals surface area contributed by atoms with Crippen LogP contribution in [-0.4, -0.2) is 35.5 Å². The SMILES string of the molecule is CCCCCCCCOc1ccc(-c2cc(C(=O)N/N=C/c3ccc(OCC)cc3)[nH]n2)cc1. The Bertz CT molecular complexity index is 1030. The molecule has 180 valence electrons. The molecule has 0 bridgehead atoms. The number of rotatable bonds is 14. The maximum atomic E-state index is 12.4. The van der Waals surface area contributed by atoms with Crippen molar-refractivity contribution in [1.29, 1.82) is 0 Å². The van der Waals surface area contributed by atoms with E-state index in [-0.39, 0.29) is 5.91 Å². The fourth-order valence-electron chi connectivity index (χ4n) is 3.42. The van der Waals surface area contributed by atoms with Crippen molar-refractivity contribution >= 4 is 12.1 Å². The summed E-state index contributed by atoms with van der Waals surface area (Å²) in [6.45, 7) is 5.52. The number of hydrazone groups is 1. The van der Waals surface area contributed by atoms with Crippen molar-refractivity contribution in [3.63, 3.8) is 0 Å². The van der Waals surface area contributed by atoms with Gasteiger partial charge in [0.15, 0.2) is 0 Å². The summed E-state index contributed by atoms with van der Waals surface area (Å²) in [4.78, 5) is 12.4. The average Bonchev–Trinajstić information content (AvgIpc) is 3.36. The van der Waals surface area contributed by atoms with Crippen molar-refractivity contribution in [2.24, 2.45) is 5.10 Å². The van der Waals surface area contributed by atoms with Crippen LogP contribution < -0.4 is 14.9 Å². The molecule has 0 aliphatic heterocycles. The number of carbonyl (C=O) groups excluding carboxylic acids is 1. The molecule has 0 aliphatic rings. The Morgan fingerprint density at radius 2 is 1.62 bits per heavy atom. The molecule has 0 aliphatic carbocycles. The molecular formula is C27H34N4O3. The molecule has 0 spiro atoms. The molecule has 1 aromatic heterocycles. The zero-order valence-electron chi connectivity index (χ0n) is 20.0. The molecule has 1 heterocycles. The molecule has 3 aromatic rings. The van der Waals surface area contributed by atoms with Gasteiger partial charge in [0.05, 0.1) is 25.1 Å². The number of H-pyrrole nitrogens is 1. The van der Waals surface area contributed by atoms with Crippen molar-refractivity contribution in [3.8, 4) is 22.8 Å². The first kappa shape index (κ1) is 25.0. The van der Waals surface area contributed by atoms with E-state index in [1.165, 1.54) is 32.1 Å². The lowest BCUT2D eigenvalue weighted by atomic mass is 10.1. The maximum Gasteiger partial charge on any atom is 0.289 e. The molecule has 1 amide bonds. The lowest BCUT2D eigenvalue weighted by Gasteiger charge is -2.06. The first-order chi connectivity index (χ1) is 16.7. The predicted molar refractivity (Wildman–Crippen MR) is 136 cm³/mol. The molecule has 7 heteroatoms. The second-order valence-electron chi connectivity index (χ2n) is 8.01. The number of carbonyl (C=O) groups is 1. The monoisotopic (exact) mass is 462 g/mol. The van der Waals surface area contributed by atoms with Crippen LogP contribution in [-0.2, 0) is 0 Å². The zero-order valence-corrected chi connectivity index (χ0v) is 20.0. The van der Waals surface area contributed by atoms with Gasteiger partial charge in [0.2, 0.25) is 0 Å². The number of nitrogens with zero attached hydrogens (tertiary/aromatic N) is 2. The van der Waals surface area contributed by atoms with E-state index >= 15 is 0 Å². The summed E-state index contributed by atoms with van der Waals surface area (Å²) in [5.41, 5.74) is 5.29. The normalized spacial score (nSPS) is 11.0. The van der Waals surface area contributed by atoms with Crippen LogP contribution in [0.25, 0.3) is 11.3 Å². The molecule has 3 rings (SSSR count). The lowest BCUT2D eigenvalue weighted by Crippen LogP contribution is -2.17. The van der Waals surface area contributed by atoms with Crippen LogP contribution in [0.1, 0.15) is 68.4 Å². The topological polar surface area (TPSA) is 88.6 Å². The molecule has 2 aromatic carbocycles. The number of nitrogens with one attached hydrogen (secondary N) is 2. The van der Waals surface area contributed by atoms with E-state index < -0.39 is 0 Å². The smallest absolute Gasteiger partial charge is 0.289 e. The molecular weight excluding hydrogens is 428 g/mol. The van der Waals surface area contributed by atoms with Crippen LogP contribution in [0.3, 0.4) is 0 Å². The van der Waals surface area contributed by atoms with Crippen molar-refractivity contribution in [2.45, 2.75) is 52.4 Å². The van der Waals surface area contributed by atoms with Crippen molar-refractivity contribution in [3.05, 3.63) is 65.9 Å². The Morgan fingerprint density at radius 1 is 0.941 bits per heavy atom. The zero-order chi connectivity index (χ0) is 24.0. The predicted octanol–water partition coefficient (Wildman–Crippen LogP) is 5.98. The number of aromatic amines is 1. The Hall–Kier alpha value is -3.61. The number of benzene rings is 2. The van der Waals surface area contributed by atoms with Gasteiger partial charge in [-0.2, -0.15) is 10.2 Å². The van der Waals surface area contributed by atoms with Crippen molar-refractivity contribution in [1.82, 2.24) is 15.6 Å². The van der Waals surface area contributed by atoms with Gasteiger partial charge in [-0.25, -0.2) is 5.43 Å². The number of ether oxygens (including phenoxy) is 2. The van der Waals surface area contributed by atoms with Gasteiger partial charge in [0.1, 0.15) is 17.2 Å². The Labute approximate surface area is 201 Å². The molecule has 34 heavy (non-hydrogen) atoms. The molecule has 7 nitrogen and oxygen atoms in total. The van der Waals surface area contributed by atoms with Crippen LogP contribution in [0.4, 0.5) is 0 Å². The molecule has 0 radical (unpaired) electrons. The fourth-order valence-corrected chi connectivity index (χ4v) is 3.42. The van der Waals surface area contributed by atoms with Gasteiger partial charge in [-0.3, -0.25) is 9.89 Å². The minimum absolute atomic E-state index is 0.335. The second-order valence-corrected chi connectivity index (χ2v) is 8.01. The number of amides is 1. The standard InChI is InChI=1S/C27H34N4O3/c1-3-5-6-7-8-9-18-34-24-16-12-22(13-17-24)25-19-26(30-29-25)27(32)31-28-20-21-10-14-23(15-11-21)33-4-2/h10-17,19-20H,3-9,18H2,1-2H3,(H,29,30)(H,31,32)/b28-20+. The summed E-state index contributed by atoms with van der Waals surface area (Å²) >= 11 is 0. The largest absolute Gasteiger partial charge is 0.494 e. The van der Waals surface area contributed by atoms with Crippen LogP contribution in [0.15, 0.2) is 59.7 Å². The molecule has 0 unspecified atom stereocenters. The van der Waals surface area contributed by atoms with Crippen molar-refractivity contribution in [2.75, 3.05) is 13.2 Å². The Morgan fingerprint density at radius 3 is 2.35 bits per heavy atom. The minimum Gasteiger partial charge on any atom is -0.494 e. The van der Waals surface area contributed by atoms with Crippen LogP contribution in [0.2, 0.25) is 0 Å². The van der Waals surface area contributed by atoms with Gasteiger partial charge < -0.3 is 9.47 Å². The van der Waals surface area contributed by atoms with Gasteiger partial charge in [-0.1, -0.05) is 39.0 Å². The number of hydrogen-bond donors (Lipinski definition) is 2. The number of unbranched alkanes of at least 4 members (excludes halogenated alkanes) is 5. The summed E-state index contributed by atoms with van der Waals surface area (Å²) in [5.74, 6) is 1.28. The summed E-state index contributed by atoms with van der Waals surface area (Å²) in [5, 5.41) is 11.0. The van der Waals surface area contributed by atoms with E-state index in [2.05, 4.69) is 27.6 Å². The minimum atomic E-state index is -0.361. The Kier molecular flexibility index (Phi) is 10.2. The van der Waals surface area contributed by atoms with E-state index in [0.29, 0.717) is 18.0 Å². The van der Waals surface area contributed by atoms with E-state index in [9.17, 15) is 4.79 Å². The van der Waals surface area contributed by atoms with Crippen LogP contribution in [0, 0.1) is 0 Å². The summed E-state index contributed by atoms with van der Waals surface area (Å²) in [6, 6.07) is 16.9. The molecule has 0 fully saturated rings. The van der Waals surface area contributed by atoms with E-state index in [1.807, 2.05) is 55.5 Å². The van der Waals surface area contributed by atoms with E-state index in [0.717, 1.165) is 35.7 Å². The molecule has 2 N–H and O–H groups in total. The van der Waals surface area contributed by atoms with E-state index in [1.54, 1.807) is 12.3 Å². The maximum absolute atomic E-state index is 12.4. The third-order valence-electron chi connectivity index (χ3n) is 5.31. The number of hydrogen-bond acceptors (Lipinski definition) is 5. The first-order valence-corrected chi connectivity index (χ1v) is 12.0. The van der Waals surface area contributed by atoms with Gasteiger partial charge in [-0.05, 0) is 73.5 Å². The third kappa shape index (κ3) is 8.06. The van der Waals surface area contributed by atoms with Crippen LogP contribution >= 0.6 is 0 Å². The highest BCUT2D eigenvalue weighted by Gasteiger charge is 2.10. The molecule has 0 saturated heterocycles. The second kappa shape index (κ2) is 13.8. The van der Waals surface area contributed by atoms with Gasteiger partial charge in [-0.15, -0.1) is 0 Å². The van der Waals surface area contributed by atoms with Gasteiger partial charge >= 0.3 is 0 Å². The molecule has 0 atom stereocenters. The quantitative estimate of drug-likeness (QED) is 0.175. The summed E-state index contributed by atoms with van der Waals surface area (Å²) < 4.78 is 11.2. The molecule has 0 saturated carbocycles. The third-order valence-corrected chi connectivity index (χ3v) is 5.31. The lowest BCUT2D eigenvalue weighted by molar-refractivity contribution is 0.0950. The van der Waals surface area contributed by atoms with Crippen molar-refractivity contribution < 1.29 is 14.3 Å². The fraction of sp³-hybridized carbons (Fsp3) is 0.370. The number of aromatic nitrogens is 2. The first-order valence-electron chi connectivity index (χ1n) is 12.0. The Balaban J connectivity index is 1.45. The summed E-state index contributed by atoms with van der Waals surface area (Å²) in [7, 11) is 0. The highest BCUT2D eigenvalue weighted by molar-refractivity contribution is 5.94. The average molecular weight is 463 g/mol. The van der Waals surface area contributed by atoms with Crippen LogP contribution in [0.5, 0.6) is 11.5 Å². The summed E-state index contributed by atoms with van der Waals surface area (Å²) in [6.07, 6.45) is 9.03. The highest BCUT2D eigenvalue weighted by atomic mass is 16.5. The van der Waals surface area contributed by atoms with E-state index in [4.69, 9.17) is 9.47 Å². The van der Waals surface area contributed by atoms with Gasteiger partial charge in [0, 0.05) is 5.56 Å². The highest BCUT2D eigenvalue weighted by Crippen LogP contribution is 2.21.